The zero-order valence-electron chi connectivity index (χ0n) is 12.7. The van der Waals surface area contributed by atoms with Crippen LogP contribution in [-0.2, 0) is 20.7 Å². The van der Waals surface area contributed by atoms with Gasteiger partial charge in [0, 0.05) is 12.0 Å². The molecule has 8 heteroatoms. The van der Waals surface area contributed by atoms with Crippen LogP contribution in [0.15, 0.2) is 30.3 Å². The molecular formula is C15H16ClN3O4. The van der Waals surface area contributed by atoms with Crippen LogP contribution in [0.1, 0.15) is 16.1 Å². The normalized spacial score (nSPS) is 11.8. The highest BCUT2D eigenvalue weighted by Crippen LogP contribution is 2.25. The lowest BCUT2D eigenvalue weighted by Gasteiger charge is -2.09. The van der Waals surface area contributed by atoms with E-state index in [1.807, 2.05) is 18.2 Å². The standard InChI is InChI=1S/C15H16ClN3O4/c1-22-14(20)11(17)8-10-12(15(21)23-2)18-19(13(10)16)9-6-4-3-5-7-9/h3-7,11H,8,17H2,1-2H3. The maximum atomic E-state index is 11.9. The van der Waals surface area contributed by atoms with E-state index in [9.17, 15) is 9.59 Å². The molecule has 1 aromatic heterocycles. The van der Waals surface area contributed by atoms with Crippen molar-refractivity contribution in [2.24, 2.45) is 5.73 Å². The number of nitrogens with zero attached hydrogens (tertiary/aromatic N) is 2. The summed E-state index contributed by atoms with van der Waals surface area (Å²) in [5, 5.41) is 4.38. The first-order valence-corrected chi connectivity index (χ1v) is 7.12. The van der Waals surface area contributed by atoms with Crippen molar-refractivity contribution in [2.75, 3.05) is 14.2 Å². The van der Waals surface area contributed by atoms with Gasteiger partial charge in [0.2, 0.25) is 0 Å². The van der Waals surface area contributed by atoms with E-state index in [-0.39, 0.29) is 17.3 Å². The fourth-order valence-corrected chi connectivity index (χ4v) is 2.37. The molecule has 2 aromatic rings. The SMILES string of the molecule is COC(=O)c1nn(-c2ccccc2)c(Cl)c1CC(N)C(=O)OC. The second-order valence-electron chi connectivity index (χ2n) is 4.69. The maximum absolute atomic E-state index is 11.9. The fourth-order valence-electron chi connectivity index (χ4n) is 2.07. The number of aromatic nitrogens is 2. The van der Waals surface area contributed by atoms with Gasteiger partial charge >= 0.3 is 11.9 Å². The molecule has 0 saturated heterocycles. The summed E-state index contributed by atoms with van der Waals surface area (Å²) in [4.78, 5) is 23.5. The smallest absolute Gasteiger partial charge is 0.358 e. The van der Waals surface area contributed by atoms with Crippen molar-refractivity contribution in [3.8, 4) is 5.69 Å². The summed E-state index contributed by atoms with van der Waals surface area (Å²) in [5.41, 5.74) is 6.78. The number of benzene rings is 1. The quantitative estimate of drug-likeness (QED) is 0.827. The van der Waals surface area contributed by atoms with Gasteiger partial charge in [-0.15, -0.1) is 0 Å². The van der Waals surface area contributed by atoms with Crippen LogP contribution in [0.5, 0.6) is 0 Å². The molecule has 0 saturated carbocycles. The number of para-hydroxylation sites is 1. The molecule has 122 valence electrons. The van der Waals surface area contributed by atoms with Crippen molar-refractivity contribution in [1.29, 1.82) is 0 Å². The predicted octanol–water partition coefficient (Wildman–Crippen LogP) is 1.36. The average molecular weight is 338 g/mol. The molecular weight excluding hydrogens is 322 g/mol. The largest absolute Gasteiger partial charge is 0.468 e. The number of hydrogen-bond donors (Lipinski definition) is 1. The predicted molar refractivity (Wildman–Crippen MR) is 83.6 cm³/mol. The molecule has 0 radical (unpaired) electrons. The van der Waals surface area contributed by atoms with E-state index in [1.165, 1.54) is 18.9 Å². The van der Waals surface area contributed by atoms with Crippen LogP contribution >= 0.6 is 11.6 Å². The third-order valence-corrected chi connectivity index (χ3v) is 3.62. The van der Waals surface area contributed by atoms with Crippen molar-refractivity contribution in [1.82, 2.24) is 9.78 Å². The Labute approximate surface area is 137 Å². The molecule has 0 aliphatic carbocycles. The summed E-state index contributed by atoms with van der Waals surface area (Å²) in [7, 11) is 2.47. The number of esters is 2. The van der Waals surface area contributed by atoms with E-state index in [1.54, 1.807) is 12.1 Å². The summed E-state index contributed by atoms with van der Waals surface area (Å²) in [6.07, 6.45) is 0.00275. The molecule has 7 nitrogen and oxygen atoms in total. The monoisotopic (exact) mass is 337 g/mol. The lowest BCUT2D eigenvalue weighted by Crippen LogP contribution is -2.34. The Bertz CT molecular complexity index is 715. The van der Waals surface area contributed by atoms with E-state index >= 15 is 0 Å². The molecule has 1 aromatic carbocycles. The summed E-state index contributed by atoms with van der Waals surface area (Å²) in [5.74, 6) is -1.27. The minimum atomic E-state index is -0.964. The van der Waals surface area contributed by atoms with Crippen molar-refractivity contribution in [3.63, 3.8) is 0 Å². The Hall–Kier alpha value is -2.38. The molecule has 0 amide bonds. The molecule has 23 heavy (non-hydrogen) atoms. The van der Waals surface area contributed by atoms with Gasteiger partial charge in [-0.05, 0) is 12.1 Å². The number of carbonyl (C=O) groups excluding carboxylic acids is 2. The van der Waals surface area contributed by atoms with Gasteiger partial charge in [0.05, 0.1) is 19.9 Å². The molecule has 0 spiro atoms. The number of rotatable bonds is 5. The first-order chi connectivity index (χ1) is 11.0. The van der Waals surface area contributed by atoms with Gasteiger partial charge in [0.15, 0.2) is 5.69 Å². The van der Waals surface area contributed by atoms with Crippen LogP contribution in [-0.4, -0.2) is 42.0 Å². The van der Waals surface area contributed by atoms with Crippen molar-refractivity contribution in [3.05, 3.63) is 46.7 Å². The highest BCUT2D eigenvalue weighted by atomic mass is 35.5. The van der Waals surface area contributed by atoms with Crippen LogP contribution < -0.4 is 5.73 Å². The molecule has 1 heterocycles. The van der Waals surface area contributed by atoms with Crippen LogP contribution in [0.25, 0.3) is 5.69 Å². The van der Waals surface area contributed by atoms with E-state index in [2.05, 4.69) is 9.84 Å². The fraction of sp³-hybridized carbons (Fsp3) is 0.267. The Morgan fingerprint density at radius 3 is 2.48 bits per heavy atom. The first-order valence-electron chi connectivity index (χ1n) is 6.74. The lowest BCUT2D eigenvalue weighted by molar-refractivity contribution is -0.142. The van der Waals surface area contributed by atoms with Gasteiger partial charge in [0.1, 0.15) is 11.2 Å². The van der Waals surface area contributed by atoms with Gasteiger partial charge in [-0.25, -0.2) is 9.48 Å². The minimum absolute atomic E-state index is 0.00275. The van der Waals surface area contributed by atoms with Gasteiger partial charge < -0.3 is 15.2 Å². The van der Waals surface area contributed by atoms with E-state index in [0.717, 1.165) is 0 Å². The van der Waals surface area contributed by atoms with Crippen LogP contribution in [0.4, 0.5) is 0 Å². The van der Waals surface area contributed by atoms with Crippen LogP contribution in [0.3, 0.4) is 0 Å². The van der Waals surface area contributed by atoms with Crippen LogP contribution in [0.2, 0.25) is 5.15 Å². The Morgan fingerprint density at radius 1 is 1.26 bits per heavy atom. The van der Waals surface area contributed by atoms with Gasteiger partial charge in [-0.3, -0.25) is 4.79 Å². The maximum Gasteiger partial charge on any atom is 0.358 e. The molecule has 0 aliphatic rings. The second kappa shape index (κ2) is 7.26. The molecule has 1 atom stereocenters. The van der Waals surface area contributed by atoms with Crippen molar-refractivity contribution < 1.29 is 19.1 Å². The summed E-state index contributed by atoms with van der Waals surface area (Å²) >= 11 is 6.34. The zero-order valence-corrected chi connectivity index (χ0v) is 13.4. The first kappa shape index (κ1) is 17.0. The van der Waals surface area contributed by atoms with Crippen LogP contribution in [0, 0.1) is 0 Å². The molecule has 0 fully saturated rings. The van der Waals surface area contributed by atoms with Crippen molar-refractivity contribution in [2.45, 2.75) is 12.5 Å². The van der Waals surface area contributed by atoms with Crippen molar-refractivity contribution >= 4 is 23.5 Å². The summed E-state index contributed by atoms with van der Waals surface area (Å²) in [6.45, 7) is 0. The Morgan fingerprint density at radius 2 is 1.91 bits per heavy atom. The Balaban J connectivity index is 2.49. The van der Waals surface area contributed by atoms with Gasteiger partial charge in [0.25, 0.3) is 0 Å². The summed E-state index contributed by atoms with van der Waals surface area (Å²) in [6, 6.07) is 8.06. The second-order valence-corrected chi connectivity index (χ2v) is 5.05. The highest BCUT2D eigenvalue weighted by Gasteiger charge is 2.27. The molecule has 1 unspecified atom stereocenters. The van der Waals surface area contributed by atoms with Gasteiger partial charge in [-0.2, -0.15) is 5.10 Å². The average Bonchev–Trinajstić information content (AvgIpc) is 2.91. The number of hydrogen-bond acceptors (Lipinski definition) is 6. The van der Waals surface area contributed by atoms with E-state index in [0.29, 0.717) is 11.3 Å². The lowest BCUT2D eigenvalue weighted by atomic mass is 10.1. The topological polar surface area (TPSA) is 96.4 Å². The number of methoxy groups -OCH3 is 2. The molecule has 0 bridgehead atoms. The number of carbonyl (C=O) groups is 2. The third kappa shape index (κ3) is 3.52. The summed E-state index contributed by atoms with van der Waals surface area (Å²) < 4.78 is 10.7. The zero-order chi connectivity index (χ0) is 17.0. The van der Waals surface area contributed by atoms with Gasteiger partial charge in [-0.1, -0.05) is 29.8 Å². The van der Waals surface area contributed by atoms with E-state index in [4.69, 9.17) is 22.1 Å². The highest BCUT2D eigenvalue weighted by molar-refractivity contribution is 6.31. The molecule has 2 rings (SSSR count). The molecule has 0 aliphatic heterocycles. The third-order valence-electron chi connectivity index (χ3n) is 3.23. The minimum Gasteiger partial charge on any atom is -0.468 e. The number of nitrogens with two attached hydrogens (primary N) is 1. The number of halogens is 1. The Kier molecular flexibility index (Phi) is 5.36. The number of ether oxygens (including phenoxy) is 2. The molecule has 2 N–H and O–H groups in total. The van der Waals surface area contributed by atoms with E-state index < -0.39 is 18.0 Å².